The van der Waals surface area contributed by atoms with Crippen LogP contribution in [0.5, 0.6) is 0 Å². The molecule has 120 valence electrons. The second-order valence-electron chi connectivity index (χ2n) is 6.21. The molecule has 0 aliphatic carbocycles. The van der Waals surface area contributed by atoms with Crippen LogP contribution in [0.4, 0.5) is 0 Å². The molecule has 22 heavy (non-hydrogen) atoms. The van der Waals surface area contributed by atoms with Crippen LogP contribution in [0.1, 0.15) is 37.0 Å². The summed E-state index contributed by atoms with van der Waals surface area (Å²) >= 11 is 0. The Bertz CT molecular complexity index is 491. The van der Waals surface area contributed by atoms with Gasteiger partial charge in [-0.15, -0.1) is 0 Å². The Kier molecular flexibility index (Phi) is 6.13. The molecule has 2 rings (SSSR count). The first-order valence-electron chi connectivity index (χ1n) is 8.17. The van der Waals surface area contributed by atoms with Gasteiger partial charge < -0.3 is 4.90 Å². The molecule has 0 bridgehead atoms. The van der Waals surface area contributed by atoms with Crippen molar-refractivity contribution in [3.05, 3.63) is 35.9 Å². The maximum atomic E-state index is 12.0. The first-order chi connectivity index (χ1) is 10.6. The van der Waals surface area contributed by atoms with Gasteiger partial charge in [-0.25, -0.2) is 0 Å². The number of nitrogens with zero attached hydrogens (tertiary/aromatic N) is 2. The fraction of sp³-hybridized carbons (Fsp3) is 0.556. The summed E-state index contributed by atoms with van der Waals surface area (Å²) in [5.74, 6) is 0.545. The van der Waals surface area contributed by atoms with E-state index in [0.717, 1.165) is 44.7 Å². The molecule has 0 radical (unpaired) electrons. The first kappa shape index (κ1) is 16.7. The molecule has 0 saturated carbocycles. The first-order valence-corrected chi connectivity index (χ1v) is 8.17. The molecule has 4 heteroatoms. The standard InChI is InChI=1S/C18H26N2O2/c1-15(2)18(22)20-13-11-19(12-14-20)10-6-9-17(21)16-7-4-3-5-8-16/h3-5,7-8,15H,6,9-14H2,1-2H3. The molecular formula is C18H26N2O2. The topological polar surface area (TPSA) is 40.6 Å². The van der Waals surface area contributed by atoms with Gasteiger partial charge in [0, 0.05) is 44.1 Å². The van der Waals surface area contributed by atoms with E-state index in [-0.39, 0.29) is 17.6 Å². The third-order valence-corrected chi connectivity index (χ3v) is 4.15. The summed E-state index contributed by atoms with van der Waals surface area (Å²) in [6.45, 7) is 8.28. The normalized spacial score (nSPS) is 16.0. The summed E-state index contributed by atoms with van der Waals surface area (Å²) in [7, 11) is 0. The van der Waals surface area contributed by atoms with E-state index < -0.39 is 0 Å². The molecule has 0 N–H and O–H groups in total. The lowest BCUT2D eigenvalue weighted by Crippen LogP contribution is -2.49. The fourth-order valence-electron chi connectivity index (χ4n) is 2.79. The quantitative estimate of drug-likeness (QED) is 0.758. The van der Waals surface area contributed by atoms with Gasteiger partial charge in [0.2, 0.25) is 5.91 Å². The van der Waals surface area contributed by atoms with Crippen LogP contribution in [-0.4, -0.2) is 54.2 Å². The number of amides is 1. The predicted molar refractivity (Wildman–Crippen MR) is 87.9 cm³/mol. The molecule has 4 nitrogen and oxygen atoms in total. The predicted octanol–water partition coefficient (Wildman–Crippen LogP) is 2.45. The van der Waals surface area contributed by atoms with Gasteiger partial charge in [0.25, 0.3) is 0 Å². The molecule has 1 aromatic carbocycles. The van der Waals surface area contributed by atoms with E-state index in [0.29, 0.717) is 6.42 Å². The van der Waals surface area contributed by atoms with Crippen molar-refractivity contribution in [3.63, 3.8) is 0 Å². The molecule has 1 fully saturated rings. The zero-order valence-corrected chi connectivity index (χ0v) is 13.6. The van der Waals surface area contributed by atoms with Gasteiger partial charge in [-0.05, 0) is 13.0 Å². The van der Waals surface area contributed by atoms with Crippen molar-refractivity contribution in [2.24, 2.45) is 5.92 Å². The van der Waals surface area contributed by atoms with Crippen molar-refractivity contribution in [1.82, 2.24) is 9.80 Å². The highest BCUT2D eigenvalue weighted by Crippen LogP contribution is 2.09. The third kappa shape index (κ3) is 4.67. The van der Waals surface area contributed by atoms with Crippen molar-refractivity contribution in [2.75, 3.05) is 32.7 Å². The second-order valence-corrected chi connectivity index (χ2v) is 6.21. The van der Waals surface area contributed by atoms with Gasteiger partial charge in [0.1, 0.15) is 0 Å². The van der Waals surface area contributed by atoms with Crippen molar-refractivity contribution in [1.29, 1.82) is 0 Å². The molecule has 0 atom stereocenters. The molecule has 1 heterocycles. The van der Waals surface area contributed by atoms with Gasteiger partial charge in [-0.2, -0.15) is 0 Å². The number of Topliss-reactive ketones (excluding diaryl/α,β-unsaturated/α-hetero) is 1. The fourth-order valence-corrected chi connectivity index (χ4v) is 2.79. The van der Waals surface area contributed by atoms with E-state index >= 15 is 0 Å². The number of piperazine rings is 1. The molecule has 1 saturated heterocycles. The average Bonchev–Trinajstić information content (AvgIpc) is 2.55. The smallest absolute Gasteiger partial charge is 0.225 e. The van der Waals surface area contributed by atoms with Crippen LogP contribution in [-0.2, 0) is 4.79 Å². The minimum atomic E-state index is 0.0787. The monoisotopic (exact) mass is 302 g/mol. The van der Waals surface area contributed by atoms with Crippen molar-refractivity contribution in [3.8, 4) is 0 Å². The number of benzene rings is 1. The van der Waals surface area contributed by atoms with E-state index in [1.807, 2.05) is 49.1 Å². The van der Waals surface area contributed by atoms with Crippen LogP contribution < -0.4 is 0 Å². The van der Waals surface area contributed by atoms with Gasteiger partial charge in [-0.1, -0.05) is 44.2 Å². The van der Waals surface area contributed by atoms with E-state index in [4.69, 9.17) is 0 Å². The lowest BCUT2D eigenvalue weighted by Gasteiger charge is -2.35. The Morgan fingerprint density at radius 2 is 1.68 bits per heavy atom. The molecule has 0 spiro atoms. The highest BCUT2D eigenvalue weighted by atomic mass is 16.2. The van der Waals surface area contributed by atoms with E-state index in [2.05, 4.69) is 4.90 Å². The number of carbonyl (C=O) groups is 2. The SMILES string of the molecule is CC(C)C(=O)N1CCN(CCCC(=O)c2ccccc2)CC1. The number of hydrogen-bond donors (Lipinski definition) is 0. The lowest BCUT2D eigenvalue weighted by molar-refractivity contribution is -0.136. The largest absolute Gasteiger partial charge is 0.340 e. The number of hydrogen-bond acceptors (Lipinski definition) is 3. The molecular weight excluding hydrogens is 276 g/mol. The number of ketones is 1. The van der Waals surface area contributed by atoms with E-state index in [1.165, 1.54) is 0 Å². The number of carbonyl (C=O) groups excluding carboxylic acids is 2. The third-order valence-electron chi connectivity index (χ3n) is 4.15. The second kappa shape index (κ2) is 8.08. The van der Waals surface area contributed by atoms with Gasteiger partial charge in [0.05, 0.1) is 0 Å². The van der Waals surface area contributed by atoms with Crippen molar-refractivity contribution >= 4 is 11.7 Å². The highest BCUT2D eigenvalue weighted by molar-refractivity contribution is 5.95. The van der Waals surface area contributed by atoms with Crippen molar-refractivity contribution < 1.29 is 9.59 Å². The highest BCUT2D eigenvalue weighted by Gasteiger charge is 2.22. The Hall–Kier alpha value is -1.68. The summed E-state index contributed by atoms with van der Waals surface area (Å²) in [6.07, 6.45) is 1.47. The van der Waals surface area contributed by atoms with Gasteiger partial charge in [-0.3, -0.25) is 14.5 Å². The van der Waals surface area contributed by atoms with Crippen LogP contribution >= 0.6 is 0 Å². The molecule has 1 aromatic rings. The van der Waals surface area contributed by atoms with Gasteiger partial charge >= 0.3 is 0 Å². The molecule has 1 aliphatic heterocycles. The minimum absolute atomic E-state index is 0.0787. The van der Waals surface area contributed by atoms with E-state index in [9.17, 15) is 9.59 Å². The van der Waals surface area contributed by atoms with Crippen LogP contribution in [0, 0.1) is 5.92 Å². The maximum Gasteiger partial charge on any atom is 0.225 e. The lowest BCUT2D eigenvalue weighted by atomic mass is 10.1. The Balaban J connectivity index is 1.67. The summed E-state index contributed by atoms with van der Waals surface area (Å²) in [5, 5.41) is 0. The Morgan fingerprint density at radius 1 is 1.05 bits per heavy atom. The van der Waals surface area contributed by atoms with E-state index in [1.54, 1.807) is 0 Å². The molecule has 0 unspecified atom stereocenters. The zero-order chi connectivity index (χ0) is 15.9. The van der Waals surface area contributed by atoms with Gasteiger partial charge in [0.15, 0.2) is 5.78 Å². The summed E-state index contributed by atoms with van der Waals surface area (Å²) in [4.78, 5) is 28.3. The van der Waals surface area contributed by atoms with Crippen LogP contribution in [0.15, 0.2) is 30.3 Å². The molecule has 0 aromatic heterocycles. The Labute approximate surface area is 133 Å². The van der Waals surface area contributed by atoms with Crippen LogP contribution in [0.25, 0.3) is 0 Å². The Morgan fingerprint density at radius 3 is 2.27 bits per heavy atom. The molecule has 1 amide bonds. The zero-order valence-electron chi connectivity index (χ0n) is 13.6. The minimum Gasteiger partial charge on any atom is -0.340 e. The maximum absolute atomic E-state index is 12.0. The van der Waals surface area contributed by atoms with Crippen LogP contribution in [0.2, 0.25) is 0 Å². The van der Waals surface area contributed by atoms with Crippen molar-refractivity contribution in [2.45, 2.75) is 26.7 Å². The summed E-state index contributed by atoms with van der Waals surface area (Å²) in [6, 6.07) is 9.47. The summed E-state index contributed by atoms with van der Waals surface area (Å²) < 4.78 is 0. The average molecular weight is 302 g/mol. The number of rotatable bonds is 6. The molecule has 1 aliphatic rings. The summed E-state index contributed by atoms with van der Waals surface area (Å²) in [5.41, 5.74) is 0.801. The van der Waals surface area contributed by atoms with Crippen LogP contribution in [0.3, 0.4) is 0 Å².